The highest BCUT2D eigenvalue weighted by molar-refractivity contribution is 6.03. The molecule has 1 atom stereocenters. The highest BCUT2D eigenvalue weighted by Crippen LogP contribution is 2.33. The Labute approximate surface area is 209 Å². The SMILES string of the molecule is Cc1ccc(-n2nc(N3CCN(C(=O)CN4C(=O)[C@@H](C)Oc5ccccc54)CC3)ccc2=O)cc1C. The molecule has 2 amide bonds. The van der Waals surface area contributed by atoms with Gasteiger partial charge < -0.3 is 14.5 Å². The van der Waals surface area contributed by atoms with Crippen LogP contribution in [-0.2, 0) is 9.59 Å². The molecular weight excluding hydrogens is 458 g/mol. The highest BCUT2D eigenvalue weighted by atomic mass is 16.5. The molecular formula is C27H29N5O4. The first-order chi connectivity index (χ1) is 17.3. The molecule has 1 saturated heterocycles. The van der Waals surface area contributed by atoms with Crippen molar-refractivity contribution in [3.05, 3.63) is 76.1 Å². The molecule has 2 aromatic carbocycles. The van der Waals surface area contributed by atoms with Gasteiger partial charge >= 0.3 is 0 Å². The lowest BCUT2D eigenvalue weighted by atomic mass is 10.1. The third-order valence-electron chi connectivity index (χ3n) is 6.84. The minimum Gasteiger partial charge on any atom is -0.479 e. The van der Waals surface area contributed by atoms with E-state index in [0.717, 1.165) is 16.8 Å². The molecule has 3 aromatic rings. The van der Waals surface area contributed by atoms with Crippen molar-refractivity contribution < 1.29 is 14.3 Å². The summed E-state index contributed by atoms with van der Waals surface area (Å²) in [6, 6.07) is 16.3. The third kappa shape index (κ3) is 4.44. The molecule has 186 valence electrons. The maximum atomic E-state index is 13.1. The van der Waals surface area contributed by atoms with Gasteiger partial charge in [-0.3, -0.25) is 19.3 Å². The molecule has 0 N–H and O–H groups in total. The number of rotatable bonds is 4. The smallest absolute Gasteiger partial charge is 0.271 e. The summed E-state index contributed by atoms with van der Waals surface area (Å²) >= 11 is 0. The van der Waals surface area contributed by atoms with Gasteiger partial charge in [-0.2, -0.15) is 4.68 Å². The zero-order chi connectivity index (χ0) is 25.4. The predicted octanol–water partition coefficient (Wildman–Crippen LogP) is 2.31. The summed E-state index contributed by atoms with van der Waals surface area (Å²) in [7, 11) is 0. The molecule has 2 aliphatic rings. The molecule has 0 bridgehead atoms. The minimum absolute atomic E-state index is 0.0283. The van der Waals surface area contributed by atoms with Crippen LogP contribution in [0.4, 0.5) is 11.5 Å². The normalized spacial score (nSPS) is 17.6. The number of aryl methyl sites for hydroxylation is 2. The van der Waals surface area contributed by atoms with Crippen LogP contribution in [0.1, 0.15) is 18.1 Å². The van der Waals surface area contributed by atoms with Crippen LogP contribution in [0.3, 0.4) is 0 Å². The van der Waals surface area contributed by atoms with Gasteiger partial charge in [-0.25, -0.2) is 0 Å². The van der Waals surface area contributed by atoms with E-state index in [1.54, 1.807) is 30.0 Å². The van der Waals surface area contributed by atoms with Crippen LogP contribution in [0.15, 0.2) is 59.4 Å². The maximum Gasteiger partial charge on any atom is 0.271 e. The van der Waals surface area contributed by atoms with Gasteiger partial charge in [-0.15, -0.1) is 5.10 Å². The number of hydrogen-bond acceptors (Lipinski definition) is 6. The average molecular weight is 488 g/mol. The molecule has 0 radical (unpaired) electrons. The van der Waals surface area contributed by atoms with Gasteiger partial charge in [0.15, 0.2) is 6.10 Å². The zero-order valence-electron chi connectivity index (χ0n) is 20.7. The molecule has 1 fully saturated rings. The van der Waals surface area contributed by atoms with Crippen molar-refractivity contribution in [1.29, 1.82) is 0 Å². The largest absolute Gasteiger partial charge is 0.479 e. The monoisotopic (exact) mass is 487 g/mol. The first-order valence-corrected chi connectivity index (χ1v) is 12.1. The summed E-state index contributed by atoms with van der Waals surface area (Å²) in [5, 5.41) is 4.60. The van der Waals surface area contributed by atoms with Crippen LogP contribution in [-0.4, -0.2) is 65.3 Å². The number of nitrogens with zero attached hydrogens (tertiary/aromatic N) is 5. The van der Waals surface area contributed by atoms with Crippen LogP contribution in [0.2, 0.25) is 0 Å². The average Bonchev–Trinajstić information content (AvgIpc) is 2.89. The number of aromatic nitrogens is 2. The quantitative estimate of drug-likeness (QED) is 0.561. The fourth-order valence-corrected chi connectivity index (χ4v) is 4.55. The van der Waals surface area contributed by atoms with Crippen molar-refractivity contribution in [3.8, 4) is 11.4 Å². The van der Waals surface area contributed by atoms with Gasteiger partial charge in [0.2, 0.25) is 5.91 Å². The zero-order valence-corrected chi connectivity index (χ0v) is 20.7. The first kappa shape index (κ1) is 23.6. The second-order valence-electron chi connectivity index (χ2n) is 9.23. The van der Waals surface area contributed by atoms with E-state index < -0.39 is 6.10 Å². The number of hydrogen-bond donors (Lipinski definition) is 0. The number of para-hydroxylation sites is 2. The van der Waals surface area contributed by atoms with Crippen molar-refractivity contribution in [2.45, 2.75) is 26.9 Å². The number of carbonyl (C=O) groups is 2. The molecule has 9 nitrogen and oxygen atoms in total. The summed E-state index contributed by atoms with van der Waals surface area (Å²) in [5.41, 5.74) is 3.39. The van der Waals surface area contributed by atoms with Crippen molar-refractivity contribution in [2.75, 3.05) is 42.5 Å². The Bertz CT molecular complexity index is 1380. The Balaban J connectivity index is 1.27. The van der Waals surface area contributed by atoms with E-state index in [4.69, 9.17) is 4.74 Å². The van der Waals surface area contributed by atoms with Crippen LogP contribution in [0, 0.1) is 13.8 Å². The standard InChI is InChI=1S/C27H29N5O4/c1-18-8-9-21(16-19(18)2)32-25(33)11-10-24(28-32)29-12-14-30(15-13-29)26(34)17-31-22-6-4-5-7-23(22)36-20(3)27(31)35/h4-11,16,20H,12-15,17H2,1-3H3/t20-/m1/s1. The van der Waals surface area contributed by atoms with Crippen molar-refractivity contribution in [1.82, 2.24) is 14.7 Å². The van der Waals surface area contributed by atoms with Crippen LogP contribution >= 0.6 is 0 Å². The molecule has 1 aromatic heterocycles. The van der Waals surface area contributed by atoms with E-state index in [0.29, 0.717) is 43.4 Å². The number of anilines is 2. The van der Waals surface area contributed by atoms with E-state index in [1.807, 2.05) is 44.2 Å². The lowest BCUT2D eigenvalue weighted by Crippen LogP contribution is -2.54. The Kier molecular flexibility index (Phi) is 6.22. The first-order valence-electron chi connectivity index (χ1n) is 12.1. The van der Waals surface area contributed by atoms with E-state index >= 15 is 0 Å². The van der Waals surface area contributed by atoms with Crippen molar-refractivity contribution >= 4 is 23.3 Å². The fourth-order valence-electron chi connectivity index (χ4n) is 4.55. The highest BCUT2D eigenvalue weighted by Gasteiger charge is 2.34. The molecule has 2 aliphatic heterocycles. The van der Waals surface area contributed by atoms with E-state index in [9.17, 15) is 14.4 Å². The molecule has 0 unspecified atom stereocenters. The van der Waals surface area contributed by atoms with Crippen LogP contribution in [0.25, 0.3) is 5.69 Å². The van der Waals surface area contributed by atoms with Gasteiger partial charge in [0.25, 0.3) is 11.5 Å². The summed E-state index contributed by atoms with van der Waals surface area (Å²) in [6.45, 7) is 7.85. The molecule has 0 spiro atoms. The van der Waals surface area contributed by atoms with Gasteiger partial charge in [-0.05, 0) is 62.2 Å². The van der Waals surface area contributed by atoms with E-state index in [1.165, 1.54) is 15.6 Å². The van der Waals surface area contributed by atoms with E-state index in [-0.39, 0.29) is 23.9 Å². The number of carbonyl (C=O) groups excluding carboxylic acids is 2. The lowest BCUT2D eigenvalue weighted by Gasteiger charge is -2.37. The Hall–Kier alpha value is -4.14. The summed E-state index contributed by atoms with van der Waals surface area (Å²) in [4.78, 5) is 43.7. The molecule has 36 heavy (non-hydrogen) atoms. The minimum atomic E-state index is -0.636. The second-order valence-corrected chi connectivity index (χ2v) is 9.23. The Morgan fingerprint density at radius 3 is 2.47 bits per heavy atom. The number of fused-ring (bicyclic) bond motifs is 1. The van der Waals surface area contributed by atoms with Crippen molar-refractivity contribution in [3.63, 3.8) is 0 Å². The van der Waals surface area contributed by atoms with Crippen LogP contribution < -0.4 is 20.1 Å². The van der Waals surface area contributed by atoms with Crippen molar-refractivity contribution in [2.24, 2.45) is 0 Å². The lowest BCUT2D eigenvalue weighted by molar-refractivity contribution is -0.133. The Morgan fingerprint density at radius 2 is 1.72 bits per heavy atom. The van der Waals surface area contributed by atoms with E-state index in [2.05, 4.69) is 10.00 Å². The molecule has 0 aliphatic carbocycles. The molecule has 0 saturated carbocycles. The number of benzene rings is 2. The third-order valence-corrected chi connectivity index (χ3v) is 6.84. The molecule has 3 heterocycles. The Morgan fingerprint density at radius 1 is 0.972 bits per heavy atom. The summed E-state index contributed by atoms with van der Waals surface area (Å²) in [6.07, 6.45) is -0.636. The van der Waals surface area contributed by atoms with Gasteiger partial charge in [0, 0.05) is 32.2 Å². The second kappa shape index (κ2) is 9.49. The topological polar surface area (TPSA) is 88.0 Å². The van der Waals surface area contributed by atoms with Gasteiger partial charge in [0.05, 0.1) is 11.4 Å². The van der Waals surface area contributed by atoms with Gasteiger partial charge in [-0.1, -0.05) is 18.2 Å². The van der Waals surface area contributed by atoms with Crippen LogP contribution in [0.5, 0.6) is 5.75 Å². The number of ether oxygens (including phenoxy) is 1. The van der Waals surface area contributed by atoms with Gasteiger partial charge in [0.1, 0.15) is 18.1 Å². The summed E-state index contributed by atoms with van der Waals surface area (Å²) < 4.78 is 7.09. The molecule has 9 heteroatoms. The summed E-state index contributed by atoms with van der Waals surface area (Å²) in [5.74, 6) is 0.955. The number of piperazine rings is 1. The fraction of sp³-hybridized carbons (Fsp3) is 0.333. The molecule has 5 rings (SSSR count). The maximum absolute atomic E-state index is 13.1. The predicted molar refractivity (Wildman–Crippen MR) is 137 cm³/mol. The number of amides is 2.